The highest BCUT2D eigenvalue weighted by molar-refractivity contribution is 7.89. The summed E-state index contributed by atoms with van der Waals surface area (Å²) in [6, 6.07) is 13.1. The van der Waals surface area contributed by atoms with Crippen LogP contribution in [0.1, 0.15) is 42.5 Å². The first-order chi connectivity index (χ1) is 15.8. The van der Waals surface area contributed by atoms with E-state index in [-0.39, 0.29) is 22.6 Å². The molecule has 2 aliphatic heterocycles. The van der Waals surface area contributed by atoms with E-state index >= 15 is 0 Å². The van der Waals surface area contributed by atoms with Crippen molar-refractivity contribution in [2.75, 3.05) is 31.5 Å². The Bertz CT molecular complexity index is 1110. The lowest BCUT2D eigenvalue weighted by Gasteiger charge is -2.32. The van der Waals surface area contributed by atoms with Crippen molar-refractivity contribution in [2.24, 2.45) is 5.92 Å². The van der Waals surface area contributed by atoms with Crippen LogP contribution in [-0.2, 0) is 14.8 Å². The summed E-state index contributed by atoms with van der Waals surface area (Å²) < 4.78 is 27.4. The second kappa shape index (κ2) is 10.2. The van der Waals surface area contributed by atoms with Crippen molar-refractivity contribution < 1.29 is 18.0 Å². The number of carbonyl (C=O) groups is 2. The first kappa shape index (κ1) is 23.7. The molecule has 1 N–H and O–H groups in total. The molecule has 2 saturated heterocycles. The predicted octanol–water partition coefficient (Wildman–Crippen LogP) is 4.01. The van der Waals surface area contributed by atoms with Crippen LogP contribution >= 0.6 is 11.6 Å². The van der Waals surface area contributed by atoms with E-state index in [1.54, 1.807) is 47.4 Å². The molecule has 2 heterocycles. The summed E-state index contributed by atoms with van der Waals surface area (Å²) in [5, 5.41) is 3.42. The smallest absolute Gasteiger partial charge is 0.253 e. The number of nitrogens with zero attached hydrogens (tertiary/aromatic N) is 2. The quantitative estimate of drug-likeness (QED) is 0.687. The van der Waals surface area contributed by atoms with Gasteiger partial charge in [-0.15, -0.1) is 0 Å². The number of halogens is 1. The Balaban J connectivity index is 1.42. The van der Waals surface area contributed by atoms with Gasteiger partial charge in [0.05, 0.1) is 10.8 Å². The summed E-state index contributed by atoms with van der Waals surface area (Å²) >= 11 is 5.91. The molecular weight excluding hydrogens is 462 g/mol. The number of amides is 2. The van der Waals surface area contributed by atoms with Crippen LogP contribution in [0, 0.1) is 5.92 Å². The standard InChI is InChI=1S/C24H28ClN3O4S/c25-20-11-9-18(10-12-20)24(30)27-13-5-6-19(17-27)23(29)26-21-7-4-8-22(16-21)33(31,32)28-14-2-1-3-15-28/h4,7-12,16,19H,1-3,5-6,13-15,17H2,(H,26,29)/t19-/m1/s1. The lowest BCUT2D eigenvalue weighted by Crippen LogP contribution is -2.43. The Kier molecular flexibility index (Phi) is 7.36. The largest absolute Gasteiger partial charge is 0.338 e. The van der Waals surface area contributed by atoms with Crippen LogP contribution < -0.4 is 5.32 Å². The highest BCUT2D eigenvalue weighted by Gasteiger charge is 2.30. The van der Waals surface area contributed by atoms with Gasteiger partial charge in [-0.25, -0.2) is 8.42 Å². The number of hydrogen-bond donors (Lipinski definition) is 1. The summed E-state index contributed by atoms with van der Waals surface area (Å²) in [6.07, 6.45) is 4.16. The van der Waals surface area contributed by atoms with Gasteiger partial charge in [-0.05, 0) is 68.1 Å². The number of likely N-dealkylation sites (tertiary alicyclic amines) is 1. The predicted molar refractivity (Wildman–Crippen MR) is 128 cm³/mol. The summed E-state index contributed by atoms with van der Waals surface area (Å²) in [4.78, 5) is 27.6. The zero-order valence-electron chi connectivity index (χ0n) is 18.4. The van der Waals surface area contributed by atoms with E-state index in [0.29, 0.717) is 48.9 Å². The van der Waals surface area contributed by atoms with E-state index in [9.17, 15) is 18.0 Å². The number of rotatable bonds is 5. The summed E-state index contributed by atoms with van der Waals surface area (Å²) in [5.41, 5.74) is 0.982. The highest BCUT2D eigenvalue weighted by Crippen LogP contribution is 2.25. The summed E-state index contributed by atoms with van der Waals surface area (Å²) in [5.74, 6) is -0.702. The van der Waals surface area contributed by atoms with Gasteiger partial charge in [0, 0.05) is 42.5 Å². The van der Waals surface area contributed by atoms with Gasteiger partial charge >= 0.3 is 0 Å². The highest BCUT2D eigenvalue weighted by atomic mass is 35.5. The van der Waals surface area contributed by atoms with Gasteiger partial charge in [0.1, 0.15) is 0 Å². The van der Waals surface area contributed by atoms with E-state index in [0.717, 1.165) is 25.7 Å². The monoisotopic (exact) mass is 489 g/mol. The zero-order valence-corrected chi connectivity index (χ0v) is 19.9. The van der Waals surface area contributed by atoms with Gasteiger partial charge < -0.3 is 10.2 Å². The van der Waals surface area contributed by atoms with Crippen molar-refractivity contribution >= 4 is 39.1 Å². The van der Waals surface area contributed by atoms with Gasteiger partial charge in [-0.1, -0.05) is 24.1 Å². The van der Waals surface area contributed by atoms with Gasteiger partial charge in [0.2, 0.25) is 15.9 Å². The fourth-order valence-electron chi connectivity index (χ4n) is 4.38. The second-order valence-electron chi connectivity index (χ2n) is 8.58. The molecule has 7 nitrogen and oxygen atoms in total. The maximum absolute atomic E-state index is 13.0. The van der Waals surface area contributed by atoms with E-state index in [2.05, 4.69) is 5.32 Å². The molecular formula is C24H28ClN3O4S. The maximum atomic E-state index is 13.0. The van der Waals surface area contributed by atoms with Crippen molar-refractivity contribution in [3.63, 3.8) is 0 Å². The fraction of sp³-hybridized carbons (Fsp3) is 0.417. The molecule has 0 spiro atoms. The molecule has 2 aliphatic rings. The lowest BCUT2D eigenvalue weighted by molar-refractivity contribution is -0.121. The number of nitrogens with one attached hydrogen (secondary N) is 1. The minimum Gasteiger partial charge on any atom is -0.338 e. The Morgan fingerprint density at radius 3 is 2.39 bits per heavy atom. The molecule has 0 aromatic heterocycles. The number of piperidine rings is 2. The van der Waals surface area contributed by atoms with E-state index in [1.165, 1.54) is 10.4 Å². The van der Waals surface area contributed by atoms with Crippen molar-refractivity contribution in [1.29, 1.82) is 0 Å². The number of sulfonamides is 1. The van der Waals surface area contributed by atoms with Crippen molar-refractivity contribution in [1.82, 2.24) is 9.21 Å². The Morgan fingerprint density at radius 1 is 0.939 bits per heavy atom. The molecule has 9 heteroatoms. The third-order valence-electron chi connectivity index (χ3n) is 6.22. The third-order valence-corrected chi connectivity index (χ3v) is 8.37. The molecule has 2 aromatic carbocycles. The average molecular weight is 490 g/mol. The second-order valence-corrected chi connectivity index (χ2v) is 11.0. The molecule has 33 heavy (non-hydrogen) atoms. The average Bonchev–Trinajstić information content (AvgIpc) is 2.85. The van der Waals surface area contributed by atoms with Gasteiger partial charge in [0.15, 0.2) is 0 Å². The first-order valence-electron chi connectivity index (χ1n) is 11.3. The molecule has 2 fully saturated rings. The minimum absolute atomic E-state index is 0.126. The summed E-state index contributed by atoms with van der Waals surface area (Å²) in [7, 11) is -3.58. The van der Waals surface area contributed by atoms with Crippen molar-refractivity contribution in [3.8, 4) is 0 Å². The van der Waals surface area contributed by atoms with Crippen LogP contribution in [0.15, 0.2) is 53.4 Å². The van der Waals surface area contributed by atoms with Crippen LogP contribution in [0.2, 0.25) is 5.02 Å². The van der Waals surface area contributed by atoms with Gasteiger partial charge in [0.25, 0.3) is 5.91 Å². The summed E-state index contributed by atoms with van der Waals surface area (Å²) in [6.45, 7) is 1.96. The van der Waals surface area contributed by atoms with Crippen molar-refractivity contribution in [2.45, 2.75) is 37.0 Å². The topological polar surface area (TPSA) is 86.8 Å². The molecule has 2 aromatic rings. The first-order valence-corrected chi connectivity index (χ1v) is 13.1. The van der Waals surface area contributed by atoms with Crippen molar-refractivity contribution in [3.05, 3.63) is 59.1 Å². The fourth-order valence-corrected chi connectivity index (χ4v) is 6.07. The van der Waals surface area contributed by atoms with E-state index in [1.807, 2.05) is 0 Å². The van der Waals surface area contributed by atoms with Crippen LogP contribution in [0.5, 0.6) is 0 Å². The number of hydrogen-bond acceptors (Lipinski definition) is 4. The van der Waals surface area contributed by atoms with Gasteiger partial charge in [-0.2, -0.15) is 4.31 Å². The lowest BCUT2D eigenvalue weighted by atomic mass is 9.96. The normalized spacial score (nSPS) is 19.8. The molecule has 176 valence electrons. The molecule has 0 saturated carbocycles. The Hall–Kier alpha value is -2.42. The number of carbonyl (C=O) groups excluding carboxylic acids is 2. The number of anilines is 1. The molecule has 0 radical (unpaired) electrons. The molecule has 0 aliphatic carbocycles. The van der Waals surface area contributed by atoms with Gasteiger partial charge in [-0.3, -0.25) is 9.59 Å². The van der Waals surface area contributed by atoms with Crippen LogP contribution in [-0.4, -0.2) is 55.6 Å². The van der Waals surface area contributed by atoms with E-state index in [4.69, 9.17) is 11.6 Å². The van der Waals surface area contributed by atoms with Crippen LogP contribution in [0.25, 0.3) is 0 Å². The zero-order chi connectivity index (χ0) is 23.4. The molecule has 0 unspecified atom stereocenters. The Labute approximate surface area is 199 Å². The maximum Gasteiger partial charge on any atom is 0.253 e. The third kappa shape index (κ3) is 5.57. The van der Waals surface area contributed by atoms with Crippen LogP contribution in [0.4, 0.5) is 5.69 Å². The molecule has 0 bridgehead atoms. The number of benzene rings is 2. The minimum atomic E-state index is -3.58. The Morgan fingerprint density at radius 2 is 1.67 bits per heavy atom. The van der Waals surface area contributed by atoms with E-state index < -0.39 is 10.0 Å². The molecule has 2 amide bonds. The molecule has 1 atom stereocenters. The van der Waals surface area contributed by atoms with Crippen LogP contribution in [0.3, 0.4) is 0 Å². The SMILES string of the molecule is O=C(Nc1cccc(S(=O)(=O)N2CCCCC2)c1)[C@@H]1CCCN(C(=O)c2ccc(Cl)cc2)C1. The molecule has 4 rings (SSSR count).